The van der Waals surface area contributed by atoms with Crippen molar-refractivity contribution in [3.63, 3.8) is 0 Å². The SMILES string of the molecule is c1cncc(OCCCn2ccnc2-c2cc3n(n2)CCCNC3)c1. The lowest BCUT2D eigenvalue weighted by Gasteiger charge is -2.08. The van der Waals surface area contributed by atoms with E-state index in [1.165, 1.54) is 5.69 Å². The van der Waals surface area contributed by atoms with E-state index in [9.17, 15) is 0 Å². The van der Waals surface area contributed by atoms with Gasteiger partial charge in [-0.3, -0.25) is 9.67 Å². The summed E-state index contributed by atoms with van der Waals surface area (Å²) < 4.78 is 9.94. The predicted octanol–water partition coefficient (Wildman–Crippen LogP) is 2.10. The molecule has 0 atom stereocenters. The highest BCUT2D eigenvalue weighted by molar-refractivity contribution is 5.50. The van der Waals surface area contributed by atoms with Crippen LogP contribution in [0.25, 0.3) is 11.5 Å². The number of pyridine rings is 1. The summed E-state index contributed by atoms with van der Waals surface area (Å²) in [7, 11) is 0. The van der Waals surface area contributed by atoms with Gasteiger partial charge in [-0.1, -0.05) is 0 Å². The van der Waals surface area contributed by atoms with E-state index in [0.29, 0.717) is 6.61 Å². The van der Waals surface area contributed by atoms with Crippen LogP contribution in [0, 0.1) is 0 Å². The van der Waals surface area contributed by atoms with Gasteiger partial charge in [-0.15, -0.1) is 0 Å². The van der Waals surface area contributed by atoms with E-state index in [4.69, 9.17) is 9.84 Å². The molecule has 0 amide bonds. The predicted molar refractivity (Wildman–Crippen MR) is 94.1 cm³/mol. The maximum atomic E-state index is 5.71. The standard InChI is InChI=1S/C18H22N6O/c1-4-16(14-20-5-1)25-11-3-8-23-10-7-21-18(23)17-12-15-13-19-6-2-9-24(15)22-17/h1,4-5,7,10,12,14,19H,2-3,6,8-9,11,13H2. The highest BCUT2D eigenvalue weighted by Gasteiger charge is 2.15. The Labute approximate surface area is 146 Å². The van der Waals surface area contributed by atoms with Crippen LogP contribution in [-0.4, -0.2) is 37.5 Å². The Morgan fingerprint density at radius 3 is 3.20 bits per heavy atom. The number of fused-ring (bicyclic) bond motifs is 1. The highest BCUT2D eigenvalue weighted by Crippen LogP contribution is 2.19. The molecule has 0 bridgehead atoms. The second kappa shape index (κ2) is 7.48. The van der Waals surface area contributed by atoms with Crippen molar-refractivity contribution >= 4 is 0 Å². The summed E-state index contributed by atoms with van der Waals surface area (Å²) in [6, 6.07) is 5.94. The van der Waals surface area contributed by atoms with Crippen LogP contribution in [0.5, 0.6) is 5.75 Å². The van der Waals surface area contributed by atoms with Crippen LogP contribution in [0.2, 0.25) is 0 Å². The summed E-state index contributed by atoms with van der Waals surface area (Å²) in [5.41, 5.74) is 2.17. The van der Waals surface area contributed by atoms with E-state index in [1.54, 1.807) is 12.4 Å². The first-order chi connectivity index (χ1) is 12.4. The van der Waals surface area contributed by atoms with Crippen LogP contribution in [0.1, 0.15) is 18.5 Å². The Hall–Kier alpha value is -2.67. The molecule has 3 aromatic heterocycles. The molecule has 0 saturated heterocycles. The molecule has 1 N–H and O–H groups in total. The summed E-state index contributed by atoms with van der Waals surface area (Å²) in [5.74, 6) is 1.72. The van der Waals surface area contributed by atoms with Crippen molar-refractivity contribution in [1.82, 2.24) is 29.6 Å². The van der Waals surface area contributed by atoms with Crippen LogP contribution in [0.3, 0.4) is 0 Å². The van der Waals surface area contributed by atoms with E-state index in [2.05, 4.69) is 30.6 Å². The topological polar surface area (TPSA) is 69.8 Å². The average Bonchev–Trinajstić information content (AvgIpc) is 3.21. The van der Waals surface area contributed by atoms with Crippen molar-refractivity contribution < 1.29 is 4.74 Å². The molecule has 7 heteroatoms. The maximum Gasteiger partial charge on any atom is 0.160 e. The molecule has 25 heavy (non-hydrogen) atoms. The number of ether oxygens (including phenoxy) is 1. The highest BCUT2D eigenvalue weighted by atomic mass is 16.5. The summed E-state index contributed by atoms with van der Waals surface area (Å²) in [6.45, 7) is 4.36. The van der Waals surface area contributed by atoms with Crippen molar-refractivity contribution in [1.29, 1.82) is 0 Å². The third-order valence-electron chi connectivity index (χ3n) is 4.28. The Kier molecular flexibility index (Phi) is 4.74. The molecule has 1 aliphatic rings. The van der Waals surface area contributed by atoms with Crippen molar-refractivity contribution in [2.45, 2.75) is 32.5 Å². The number of nitrogens with zero attached hydrogens (tertiary/aromatic N) is 5. The lowest BCUT2D eigenvalue weighted by molar-refractivity contribution is 0.301. The summed E-state index contributed by atoms with van der Waals surface area (Å²) >= 11 is 0. The third kappa shape index (κ3) is 3.71. The summed E-state index contributed by atoms with van der Waals surface area (Å²) in [4.78, 5) is 8.56. The fraction of sp³-hybridized carbons (Fsp3) is 0.389. The maximum absolute atomic E-state index is 5.71. The minimum atomic E-state index is 0.646. The van der Waals surface area contributed by atoms with Crippen molar-refractivity contribution in [3.8, 4) is 17.3 Å². The first-order valence-corrected chi connectivity index (χ1v) is 8.72. The molecule has 1 aliphatic heterocycles. The number of imidazole rings is 1. The zero-order chi connectivity index (χ0) is 16.9. The van der Waals surface area contributed by atoms with Gasteiger partial charge < -0.3 is 14.6 Å². The van der Waals surface area contributed by atoms with Gasteiger partial charge in [0.25, 0.3) is 0 Å². The van der Waals surface area contributed by atoms with Gasteiger partial charge in [0.15, 0.2) is 5.82 Å². The molecular weight excluding hydrogens is 316 g/mol. The first-order valence-electron chi connectivity index (χ1n) is 8.72. The molecule has 7 nitrogen and oxygen atoms in total. The zero-order valence-electron chi connectivity index (χ0n) is 14.1. The van der Waals surface area contributed by atoms with E-state index in [1.807, 2.05) is 24.5 Å². The molecule has 3 aromatic rings. The lowest BCUT2D eigenvalue weighted by Crippen LogP contribution is -2.11. The monoisotopic (exact) mass is 338 g/mol. The van der Waals surface area contributed by atoms with E-state index in [-0.39, 0.29) is 0 Å². The molecule has 130 valence electrons. The first kappa shape index (κ1) is 15.8. The minimum absolute atomic E-state index is 0.646. The van der Waals surface area contributed by atoms with Gasteiger partial charge in [0, 0.05) is 38.2 Å². The van der Waals surface area contributed by atoms with Gasteiger partial charge in [0.1, 0.15) is 11.4 Å². The second-order valence-electron chi connectivity index (χ2n) is 6.11. The van der Waals surface area contributed by atoms with Gasteiger partial charge in [0.2, 0.25) is 0 Å². The molecule has 0 aromatic carbocycles. The Morgan fingerprint density at radius 2 is 2.28 bits per heavy atom. The van der Waals surface area contributed by atoms with Crippen LogP contribution in [0.4, 0.5) is 0 Å². The van der Waals surface area contributed by atoms with Crippen molar-refractivity contribution in [2.75, 3.05) is 13.2 Å². The number of nitrogens with one attached hydrogen (secondary N) is 1. The van der Waals surface area contributed by atoms with E-state index >= 15 is 0 Å². The number of hydrogen-bond donors (Lipinski definition) is 1. The Morgan fingerprint density at radius 1 is 1.28 bits per heavy atom. The quantitative estimate of drug-likeness (QED) is 0.697. The summed E-state index contributed by atoms with van der Waals surface area (Å²) in [5, 5.41) is 8.17. The van der Waals surface area contributed by atoms with Gasteiger partial charge in [-0.25, -0.2) is 4.98 Å². The lowest BCUT2D eigenvalue weighted by atomic mass is 10.3. The fourth-order valence-electron chi connectivity index (χ4n) is 3.05. The van der Waals surface area contributed by atoms with Crippen LogP contribution < -0.4 is 10.1 Å². The van der Waals surface area contributed by atoms with E-state index in [0.717, 1.165) is 56.3 Å². The van der Waals surface area contributed by atoms with Crippen molar-refractivity contribution in [3.05, 3.63) is 48.7 Å². The fourth-order valence-corrected chi connectivity index (χ4v) is 3.05. The normalized spacial score (nSPS) is 14.1. The second-order valence-corrected chi connectivity index (χ2v) is 6.11. The molecule has 0 radical (unpaired) electrons. The molecule has 4 heterocycles. The number of aryl methyl sites for hydroxylation is 2. The Bertz CT molecular complexity index is 787. The number of aromatic nitrogens is 5. The molecule has 0 saturated carbocycles. The van der Waals surface area contributed by atoms with E-state index < -0.39 is 0 Å². The largest absolute Gasteiger partial charge is 0.492 e. The van der Waals surface area contributed by atoms with Crippen LogP contribution >= 0.6 is 0 Å². The zero-order valence-corrected chi connectivity index (χ0v) is 14.1. The average molecular weight is 338 g/mol. The smallest absolute Gasteiger partial charge is 0.160 e. The third-order valence-corrected chi connectivity index (χ3v) is 4.28. The van der Waals surface area contributed by atoms with Gasteiger partial charge >= 0.3 is 0 Å². The molecular formula is C18H22N6O. The summed E-state index contributed by atoms with van der Waals surface area (Å²) in [6.07, 6.45) is 9.31. The molecule has 0 fully saturated rings. The number of rotatable bonds is 6. The van der Waals surface area contributed by atoms with Crippen molar-refractivity contribution in [2.24, 2.45) is 0 Å². The molecule has 0 unspecified atom stereocenters. The van der Waals surface area contributed by atoms with Gasteiger partial charge in [-0.2, -0.15) is 5.10 Å². The van der Waals surface area contributed by atoms with Crippen LogP contribution in [-0.2, 0) is 19.6 Å². The molecule has 4 rings (SSSR count). The molecule has 0 spiro atoms. The minimum Gasteiger partial charge on any atom is -0.492 e. The van der Waals surface area contributed by atoms with Gasteiger partial charge in [-0.05, 0) is 37.6 Å². The van der Waals surface area contributed by atoms with Crippen LogP contribution in [0.15, 0.2) is 43.0 Å². The molecule has 0 aliphatic carbocycles. The van der Waals surface area contributed by atoms with Gasteiger partial charge in [0.05, 0.1) is 18.5 Å². The Balaban J connectivity index is 1.39. The number of hydrogen-bond acceptors (Lipinski definition) is 5.